The molecule has 3 nitrogen and oxygen atoms in total. The van der Waals surface area contributed by atoms with E-state index in [0.717, 1.165) is 6.07 Å². The Labute approximate surface area is 132 Å². The minimum atomic E-state index is -4.45. The van der Waals surface area contributed by atoms with Crippen molar-refractivity contribution in [3.05, 3.63) is 28.8 Å². The fourth-order valence-electron chi connectivity index (χ4n) is 2.54. The van der Waals surface area contributed by atoms with Gasteiger partial charge in [-0.05, 0) is 18.2 Å². The number of alkyl halides is 3. The lowest BCUT2D eigenvalue weighted by molar-refractivity contribution is -0.137. The number of carbonyl (C=O) groups is 1. The predicted octanol–water partition coefficient (Wildman–Crippen LogP) is 3.66. The van der Waals surface area contributed by atoms with E-state index in [1.54, 1.807) is 9.80 Å². The average Bonchev–Trinajstić information content (AvgIpc) is 2.45. The van der Waals surface area contributed by atoms with Crippen molar-refractivity contribution in [2.24, 2.45) is 5.92 Å². The molecule has 0 aliphatic carbocycles. The number of halogens is 4. The van der Waals surface area contributed by atoms with Crippen LogP contribution < -0.4 is 4.90 Å². The molecule has 1 aromatic rings. The molecule has 122 valence electrons. The highest BCUT2D eigenvalue weighted by Gasteiger charge is 2.36. The van der Waals surface area contributed by atoms with Crippen LogP contribution in [0.1, 0.15) is 19.4 Å². The van der Waals surface area contributed by atoms with Crippen LogP contribution in [0.25, 0.3) is 0 Å². The van der Waals surface area contributed by atoms with E-state index in [4.69, 9.17) is 11.6 Å². The molecular weight excluding hydrogens is 317 g/mol. The molecule has 1 aliphatic rings. The Kier molecular flexibility index (Phi) is 4.90. The first kappa shape index (κ1) is 16.9. The highest BCUT2D eigenvalue weighted by atomic mass is 35.5. The van der Waals surface area contributed by atoms with Crippen molar-refractivity contribution in [1.29, 1.82) is 0 Å². The van der Waals surface area contributed by atoms with Crippen LogP contribution in [0.4, 0.5) is 18.9 Å². The van der Waals surface area contributed by atoms with Crippen molar-refractivity contribution in [3.63, 3.8) is 0 Å². The third-order valence-corrected chi connectivity index (χ3v) is 3.93. The molecule has 0 unspecified atom stereocenters. The number of hydrogen-bond donors (Lipinski definition) is 0. The van der Waals surface area contributed by atoms with Gasteiger partial charge >= 0.3 is 6.18 Å². The lowest BCUT2D eigenvalue weighted by Gasteiger charge is -2.37. The van der Waals surface area contributed by atoms with Crippen LogP contribution in [0.3, 0.4) is 0 Å². The summed E-state index contributed by atoms with van der Waals surface area (Å²) in [7, 11) is 0. The third-order valence-electron chi connectivity index (χ3n) is 3.69. The van der Waals surface area contributed by atoms with Crippen molar-refractivity contribution in [3.8, 4) is 0 Å². The van der Waals surface area contributed by atoms with E-state index in [1.807, 2.05) is 13.8 Å². The Hall–Kier alpha value is -1.43. The predicted molar refractivity (Wildman–Crippen MR) is 80.1 cm³/mol. The molecule has 0 N–H and O–H groups in total. The quantitative estimate of drug-likeness (QED) is 0.824. The normalized spacial score (nSPS) is 16.3. The fourth-order valence-corrected chi connectivity index (χ4v) is 2.72. The van der Waals surface area contributed by atoms with E-state index in [0.29, 0.717) is 26.2 Å². The number of piperazine rings is 1. The number of nitrogens with zero attached hydrogens (tertiary/aromatic N) is 2. The third kappa shape index (κ3) is 3.66. The number of carbonyl (C=O) groups excluding carboxylic acids is 1. The molecule has 1 amide bonds. The van der Waals surface area contributed by atoms with Gasteiger partial charge in [0.1, 0.15) is 0 Å². The largest absolute Gasteiger partial charge is 0.418 e. The summed E-state index contributed by atoms with van der Waals surface area (Å²) in [5.41, 5.74) is -0.614. The van der Waals surface area contributed by atoms with Gasteiger partial charge in [0.05, 0.1) is 5.56 Å². The molecule has 22 heavy (non-hydrogen) atoms. The van der Waals surface area contributed by atoms with E-state index in [9.17, 15) is 18.0 Å². The van der Waals surface area contributed by atoms with Gasteiger partial charge in [-0.25, -0.2) is 0 Å². The highest BCUT2D eigenvalue weighted by Crippen LogP contribution is 2.38. The Morgan fingerprint density at radius 1 is 1.18 bits per heavy atom. The van der Waals surface area contributed by atoms with Crippen LogP contribution >= 0.6 is 11.6 Å². The molecule has 0 atom stereocenters. The van der Waals surface area contributed by atoms with Crippen molar-refractivity contribution in [2.45, 2.75) is 20.0 Å². The smallest absolute Gasteiger partial charge is 0.367 e. The van der Waals surface area contributed by atoms with Gasteiger partial charge in [0.15, 0.2) is 0 Å². The van der Waals surface area contributed by atoms with Crippen LogP contribution in [0, 0.1) is 5.92 Å². The number of rotatable bonds is 2. The molecule has 0 saturated carbocycles. The molecule has 1 fully saturated rings. The summed E-state index contributed by atoms with van der Waals surface area (Å²) in [6.45, 7) is 5.24. The van der Waals surface area contributed by atoms with Crippen molar-refractivity contribution in [1.82, 2.24) is 4.90 Å². The van der Waals surface area contributed by atoms with Crippen LogP contribution in [0.15, 0.2) is 18.2 Å². The maximum atomic E-state index is 13.1. The summed E-state index contributed by atoms with van der Waals surface area (Å²) < 4.78 is 39.4. The van der Waals surface area contributed by atoms with E-state index in [2.05, 4.69) is 0 Å². The summed E-state index contributed by atoms with van der Waals surface area (Å²) in [5, 5.41) is 0.0599. The van der Waals surface area contributed by atoms with E-state index in [1.165, 1.54) is 12.1 Å². The lowest BCUT2D eigenvalue weighted by Crippen LogP contribution is -2.50. The first-order valence-corrected chi connectivity index (χ1v) is 7.48. The second kappa shape index (κ2) is 6.36. The SMILES string of the molecule is CC(C)C(=O)N1CCN(c2ccc(Cl)cc2C(F)(F)F)CC1. The van der Waals surface area contributed by atoms with Crippen molar-refractivity contribution in [2.75, 3.05) is 31.1 Å². The van der Waals surface area contributed by atoms with E-state index >= 15 is 0 Å². The van der Waals surface area contributed by atoms with Gasteiger partial charge < -0.3 is 9.80 Å². The lowest BCUT2D eigenvalue weighted by atomic mass is 10.1. The minimum absolute atomic E-state index is 0.0341. The highest BCUT2D eigenvalue weighted by molar-refractivity contribution is 6.30. The van der Waals surface area contributed by atoms with Gasteiger partial charge in [-0.2, -0.15) is 13.2 Å². The molecule has 1 aromatic carbocycles. The van der Waals surface area contributed by atoms with Gasteiger partial charge in [0.25, 0.3) is 0 Å². The molecule has 0 radical (unpaired) electrons. The van der Waals surface area contributed by atoms with Crippen molar-refractivity contribution >= 4 is 23.2 Å². The molecule has 2 rings (SSSR count). The Bertz CT molecular complexity index is 552. The maximum absolute atomic E-state index is 13.1. The summed E-state index contributed by atoms with van der Waals surface area (Å²) in [4.78, 5) is 15.3. The molecule has 7 heteroatoms. The summed E-state index contributed by atoms with van der Waals surface area (Å²) in [6, 6.07) is 3.80. The number of amides is 1. The first-order valence-electron chi connectivity index (χ1n) is 7.10. The zero-order chi connectivity index (χ0) is 16.5. The first-order chi connectivity index (χ1) is 10.2. The molecule has 0 spiro atoms. The van der Waals surface area contributed by atoms with Gasteiger partial charge in [0.2, 0.25) is 5.91 Å². The standard InChI is InChI=1S/C15H18ClF3N2O/c1-10(2)14(22)21-7-5-20(6-8-21)13-4-3-11(16)9-12(13)15(17,18)19/h3-4,9-10H,5-8H2,1-2H3. The van der Waals surface area contributed by atoms with Crippen LogP contribution in [-0.4, -0.2) is 37.0 Å². The number of hydrogen-bond acceptors (Lipinski definition) is 2. The zero-order valence-electron chi connectivity index (χ0n) is 12.5. The van der Waals surface area contributed by atoms with Crippen LogP contribution in [0.5, 0.6) is 0 Å². The topological polar surface area (TPSA) is 23.6 Å². The van der Waals surface area contributed by atoms with Gasteiger partial charge in [-0.1, -0.05) is 25.4 Å². The fraction of sp³-hybridized carbons (Fsp3) is 0.533. The van der Waals surface area contributed by atoms with Crippen LogP contribution in [0.2, 0.25) is 5.02 Å². The second-order valence-corrected chi connectivity index (χ2v) is 6.06. The van der Waals surface area contributed by atoms with Crippen LogP contribution in [-0.2, 0) is 11.0 Å². The number of anilines is 1. The molecular formula is C15H18ClF3N2O. The van der Waals surface area contributed by atoms with Gasteiger partial charge in [-0.15, -0.1) is 0 Å². The zero-order valence-corrected chi connectivity index (χ0v) is 13.2. The Balaban J connectivity index is 2.17. The molecule has 1 aliphatic heterocycles. The minimum Gasteiger partial charge on any atom is -0.367 e. The Morgan fingerprint density at radius 3 is 2.27 bits per heavy atom. The average molecular weight is 335 g/mol. The monoisotopic (exact) mass is 334 g/mol. The molecule has 1 heterocycles. The van der Waals surface area contributed by atoms with E-state index < -0.39 is 11.7 Å². The van der Waals surface area contributed by atoms with Gasteiger partial charge in [-0.3, -0.25) is 4.79 Å². The van der Waals surface area contributed by atoms with E-state index in [-0.39, 0.29) is 22.5 Å². The molecule has 1 saturated heterocycles. The summed E-state index contributed by atoms with van der Waals surface area (Å²) in [5.74, 6) is -0.0698. The molecule has 0 aromatic heterocycles. The second-order valence-electron chi connectivity index (χ2n) is 5.63. The van der Waals surface area contributed by atoms with Crippen molar-refractivity contribution < 1.29 is 18.0 Å². The summed E-state index contributed by atoms with van der Waals surface area (Å²) >= 11 is 5.69. The Morgan fingerprint density at radius 2 is 1.77 bits per heavy atom. The molecule has 0 bridgehead atoms. The summed E-state index contributed by atoms with van der Waals surface area (Å²) in [6.07, 6.45) is -4.45. The maximum Gasteiger partial charge on any atom is 0.418 e. The van der Waals surface area contributed by atoms with Gasteiger partial charge in [0, 0.05) is 42.8 Å². The number of benzene rings is 1.